The molecular formula is C44H24F3N5S2. The van der Waals surface area contributed by atoms with E-state index in [1.165, 1.54) is 12.1 Å². The minimum Gasteiger partial charge on any atom is -0.226 e. The van der Waals surface area contributed by atoms with Crippen molar-refractivity contribution in [1.82, 2.24) is 24.9 Å². The number of nitrogens with zero attached hydrogens (tertiary/aromatic N) is 5. The second kappa shape index (κ2) is 12.6. The zero-order valence-electron chi connectivity index (χ0n) is 28.0. The summed E-state index contributed by atoms with van der Waals surface area (Å²) >= 11 is 3.18. The van der Waals surface area contributed by atoms with Gasteiger partial charge in [0, 0.05) is 58.1 Å². The summed E-state index contributed by atoms with van der Waals surface area (Å²) in [5, 5.41) is 3.11. The lowest BCUT2D eigenvalue weighted by molar-refractivity contribution is -0.137. The van der Waals surface area contributed by atoms with E-state index in [4.69, 9.17) is 24.9 Å². The number of alkyl halides is 3. The Labute approximate surface area is 314 Å². The predicted molar refractivity (Wildman–Crippen MR) is 213 cm³/mol. The number of hydrogen-bond donors (Lipinski definition) is 0. The fourth-order valence-electron chi connectivity index (χ4n) is 6.78. The number of benzene rings is 6. The SMILES string of the molecule is FC(F)(F)c1ccc(-c2nc(-c3cccc4c3sc3cc(-c5nc(-c6ccccc6)nc(-c6ccccc6)n5)ccc34)nc3c2sc2ccccc23)cc1. The number of rotatable bonds is 5. The summed E-state index contributed by atoms with van der Waals surface area (Å²) in [6.45, 7) is 0. The van der Waals surface area contributed by atoms with Crippen LogP contribution in [0.5, 0.6) is 0 Å². The third-order valence-corrected chi connectivity index (χ3v) is 11.8. The maximum atomic E-state index is 13.5. The lowest BCUT2D eigenvalue weighted by Gasteiger charge is -2.10. The van der Waals surface area contributed by atoms with Crippen LogP contribution in [0.2, 0.25) is 0 Å². The van der Waals surface area contributed by atoms with Gasteiger partial charge in [-0.25, -0.2) is 24.9 Å². The van der Waals surface area contributed by atoms with Gasteiger partial charge in [-0.2, -0.15) is 13.2 Å². The van der Waals surface area contributed by atoms with Crippen molar-refractivity contribution in [2.75, 3.05) is 0 Å². The van der Waals surface area contributed by atoms with Crippen molar-refractivity contribution in [3.8, 4) is 56.8 Å². The number of halogens is 3. The normalized spacial score (nSPS) is 12.0. The van der Waals surface area contributed by atoms with Crippen molar-refractivity contribution in [2.24, 2.45) is 0 Å². The molecule has 0 aliphatic heterocycles. The quantitative estimate of drug-likeness (QED) is 0.176. The van der Waals surface area contributed by atoms with Crippen molar-refractivity contribution in [1.29, 1.82) is 0 Å². The topological polar surface area (TPSA) is 64.5 Å². The number of fused-ring (bicyclic) bond motifs is 6. The zero-order valence-corrected chi connectivity index (χ0v) is 29.7. The van der Waals surface area contributed by atoms with E-state index >= 15 is 0 Å². The Morgan fingerprint density at radius 1 is 0.407 bits per heavy atom. The van der Waals surface area contributed by atoms with Crippen LogP contribution in [0.25, 0.3) is 97.3 Å². The molecule has 0 atom stereocenters. The van der Waals surface area contributed by atoms with Crippen molar-refractivity contribution in [3.05, 3.63) is 151 Å². The highest BCUT2D eigenvalue weighted by Gasteiger charge is 2.30. The van der Waals surface area contributed by atoms with Crippen LogP contribution in [-0.4, -0.2) is 24.9 Å². The molecule has 10 heteroatoms. The average Bonchev–Trinajstić information content (AvgIpc) is 3.79. The highest BCUT2D eigenvalue weighted by Crippen LogP contribution is 2.44. The van der Waals surface area contributed by atoms with Crippen LogP contribution >= 0.6 is 22.7 Å². The summed E-state index contributed by atoms with van der Waals surface area (Å²) in [5.74, 6) is 2.27. The Kier molecular flexibility index (Phi) is 7.57. The van der Waals surface area contributed by atoms with Crippen LogP contribution in [0.1, 0.15) is 5.56 Å². The summed E-state index contributed by atoms with van der Waals surface area (Å²) in [6, 6.07) is 45.3. The van der Waals surface area contributed by atoms with Gasteiger partial charge in [-0.3, -0.25) is 0 Å². The van der Waals surface area contributed by atoms with Gasteiger partial charge in [0.1, 0.15) is 0 Å². The fourth-order valence-corrected chi connectivity index (χ4v) is 9.18. The van der Waals surface area contributed by atoms with Gasteiger partial charge >= 0.3 is 6.18 Å². The van der Waals surface area contributed by atoms with Crippen LogP contribution in [0.3, 0.4) is 0 Å². The van der Waals surface area contributed by atoms with E-state index in [0.29, 0.717) is 34.6 Å². The minimum atomic E-state index is -4.43. The zero-order chi connectivity index (χ0) is 36.4. The van der Waals surface area contributed by atoms with Gasteiger partial charge in [0.2, 0.25) is 0 Å². The maximum absolute atomic E-state index is 13.5. The van der Waals surface area contributed by atoms with Gasteiger partial charge in [-0.15, -0.1) is 22.7 Å². The maximum Gasteiger partial charge on any atom is 0.416 e. The Morgan fingerprint density at radius 2 is 1.00 bits per heavy atom. The lowest BCUT2D eigenvalue weighted by Crippen LogP contribution is -2.04. The Bertz CT molecular complexity index is 2970. The summed E-state index contributed by atoms with van der Waals surface area (Å²) in [7, 11) is 0. The van der Waals surface area contributed by atoms with Crippen LogP contribution < -0.4 is 0 Å². The standard InChI is InChI=1S/C44H24F3N5S2/c45-44(46,47)29-21-18-25(19-22-29)36-39-37(32-14-7-8-17-34(32)53-39)49-43(48-36)33-16-9-15-31-30-23-20-28(24-35(30)54-38(31)33)42-51-40(26-10-3-1-4-11-26)50-41(52-42)27-12-5-2-6-13-27/h1-24H. The molecule has 0 aliphatic rings. The Balaban J connectivity index is 1.14. The summed E-state index contributed by atoms with van der Waals surface area (Å²) in [4.78, 5) is 24.9. The molecular weight excluding hydrogens is 720 g/mol. The first-order chi connectivity index (χ1) is 26.4. The van der Waals surface area contributed by atoms with E-state index in [2.05, 4.69) is 18.2 Å². The van der Waals surface area contributed by atoms with Gasteiger partial charge < -0.3 is 0 Å². The van der Waals surface area contributed by atoms with Gasteiger partial charge in [0.05, 0.1) is 21.5 Å². The molecule has 0 amide bonds. The van der Waals surface area contributed by atoms with Crippen molar-refractivity contribution in [3.63, 3.8) is 0 Å². The minimum absolute atomic E-state index is 0.510. The van der Waals surface area contributed by atoms with Gasteiger partial charge in [0.15, 0.2) is 23.3 Å². The van der Waals surface area contributed by atoms with Crippen molar-refractivity contribution < 1.29 is 13.2 Å². The second-order valence-electron chi connectivity index (χ2n) is 12.8. The first-order valence-electron chi connectivity index (χ1n) is 17.1. The molecule has 0 radical (unpaired) electrons. The van der Waals surface area contributed by atoms with E-state index in [1.807, 2.05) is 103 Å². The molecule has 10 rings (SSSR count). The summed E-state index contributed by atoms with van der Waals surface area (Å²) < 4.78 is 44.4. The molecule has 0 bridgehead atoms. The molecule has 54 heavy (non-hydrogen) atoms. The molecule has 6 aromatic carbocycles. The number of hydrogen-bond acceptors (Lipinski definition) is 7. The molecule has 0 saturated heterocycles. The van der Waals surface area contributed by atoms with Crippen molar-refractivity contribution in [2.45, 2.75) is 6.18 Å². The lowest BCUT2D eigenvalue weighted by atomic mass is 10.1. The molecule has 0 spiro atoms. The van der Waals surface area contributed by atoms with Crippen LogP contribution in [0.15, 0.2) is 146 Å². The van der Waals surface area contributed by atoms with E-state index in [0.717, 1.165) is 74.9 Å². The molecule has 0 aliphatic carbocycles. The molecule has 10 aromatic rings. The van der Waals surface area contributed by atoms with Gasteiger partial charge in [0.25, 0.3) is 0 Å². The van der Waals surface area contributed by atoms with Gasteiger partial charge in [-0.1, -0.05) is 115 Å². The summed E-state index contributed by atoms with van der Waals surface area (Å²) in [5.41, 5.74) is 4.77. The number of aromatic nitrogens is 5. The average molecular weight is 744 g/mol. The molecule has 0 N–H and O–H groups in total. The molecule has 0 unspecified atom stereocenters. The summed E-state index contributed by atoms with van der Waals surface area (Å²) in [6.07, 6.45) is -4.43. The molecule has 4 heterocycles. The molecule has 5 nitrogen and oxygen atoms in total. The van der Waals surface area contributed by atoms with E-state index in [-0.39, 0.29) is 0 Å². The van der Waals surface area contributed by atoms with Crippen LogP contribution in [0, 0.1) is 0 Å². The smallest absolute Gasteiger partial charge is 0.226 e. The molecule has 0 saturated carbocycles. The predicted octanol–water partition coefficient (Wildman–Crippen LogP) is 12.8. The van der Waals surface area contributed by atoms with E-state index in [9.17, 15) is 13.2 Å². The Morgan fingerprint density at radius 3 is 1.69 bits per heavy atom. The second-order valence-corrected chi connectivity index (χ2v) is 14.9. The fraction of sp³-hybridized carbons (Fsp3) is 0.0227. The first-order valence-corrected chi connectivity index (χ1v) is 18.7. The third-order valence-electron chi connectivity index (χ3n) is 9.40. The van der Waals surface area contributed by atoms with Crippen LogP contribution in [0.4, 0.5) is 13.2 Å². The molecule has 0 fully saturated rings. The highest BCUT2D eigenvalue weighted by atomic mass is 32.1. The van der Waals surface area contributed by atoms with E-state index in [1.54, 1.807) is 22.7 Å². The van der Waals surface area contributed by atoms with Gasteiger partial charge in [-0.05, 0) is 30.3 Å². The molecule has 258 valence electrons. The largest absolute Gasteiger partial charge is 0.416 e. The Hall–Kier alpha value is -6.36. The number of thiophene rings is 2. The monoisotopic (exact) mass is 743 g/mol. The first kappa shape index (κ1) is 32.3. The molecule has 4 aromatic heterocycles. The van der Waals surface area contributed by atoms with E-state index < -0.39 is 11.7 Å². The van der Waals surface area contributed by atoms with Crippen LogP contribution in [-0.2, 0) is 6.18 Å². The third kappa shape index (κ3) is 5.58. The van der Waals surface area contributed by atoms with Crippen molar-refractivity contribution >= 4 is 63.1 Å². The highest BCUT2D eigenvalue weighted by molar-refractivity contribution is 7.26.